The molecule has 0 aromatic heterocycles. The normalized spacial score (nSPS) is 10.5. The Bertz CT molecular complexity index is 940. The highest BCUT2D eigenvalue weighted by molar-refractivity contribution is 8.01. The molecular formula is C26H22O4P+. The van der Waals surface area contributed by atoms with Crippen LogP contribution in [-0.2, 0) is 9.59 Å². The van der Waals surface area contributed by atoms with E-state index < -0.39 is 19.2 Å². The van der Waals surface area contributed by atoms with Gasteiger partial charge in [-0.3, -0.25) is 0 Å². The van der Waals surface area contributed by atoms with Crippen LogP contribution in [-0.4, -0.2) is 22.2 Å². The van der Waals surface area contributed by atoms with Crippen LogP contribution in [0.4, 0.5) is 0 Å². The third-order valence-electron chi connectivity index (χ3n) is 4.76. The van der Waals surface area contributed by atoms with E-state index in [1.54, 1.807) is 0 Å². The van der Waals surface area contributed by atoms with Crippen molar-refractivity contribution in [2.24, 2.45) is 0 Å². The molecule has 154 valence electrons. The highest BCUT2D eigenvalue weighted by Crippen LogP contribution is 2.53. The lowest BCUT2D eigenvalue weighted by molar-refractivity contribution is -0.159. The SMILES string of the molecule is O=C(O)C(=O)O.c1ccc([P+](c2ccccc2)(c2ccccc2)c2ccccc2)cc1. The predicted molar refractivity (Wildman–Crippen MR) is 126 cm³/mol. The molecule has 4 nitrogen and oxygen atoms in total. The summed E-state index contributed by atoms with van der Waals surface area (Å²) in [5.74, 6) is -3.65. The summed E-state index contributed by atoms with van der Waals surface area (Å²) in [6.07, 6.45) is 0. The summed E-state index contributed by atoms with van der Waals surface area (Å²) in [4.78, 5) is 18.2. The molecule has 31 heavy (non-hydrogen) atoms. The van der Waals surface area contributed by atoms with Crippen LogP contribution in [0.3, 0.4) is 0 Å². The van der Waals surface area contributed by atoms with Gasteiger partial charge in [-0.05, 0) is 48.5 Å². The molecule has 0 aliphatic rings. The van der Waals surface area contributed by atoms with Crippen molar-refractivity contribution < 1.29 is 19.8 Å². The summed E-state index contributed by atoms with van der Waals surface area (Å²) >= 11 is 0. The van der Waals surface area contributed by atoms with Gasteiger partial charge in [-0.25, -0.2) is 9.59 Å². The fourth-order valence-electron chi connectivity index (χ4n) is 3.50. The third-order valence-corrected chi connectivity index (χ3v) is 9.05. The molecule has 0 fully saturated rings. The third kappa shape index (κ3) is 4.88. The zero-order valence-electron chi connectivity index (χ0n) is 16.7. The van der Waals surface area contributed by atoms with Crippen molar-refractivity contribution in [1.29, 1.82) is 0 Å². The lowest BCUT2D eigenvalue weighted by Crippen LogP contribution is -2.38. The molecule has 4 rings (SSSR count). The number of hydrogen-bond acceptors (Lipinski definition) is 2. The first-order valence-electron chi connectivity index (χ1n) is 9.64. The molecule has 0 spiro atoms. The summed E-state index contributed by atoms with van der Waals surface area (Å²) in [6, 6.07) is 43.8. The summed E-state index contributed by atoms with van der Waals surface area (Å²) in [7, 11) is -1.91. The molecule has 0 saturated heterocycles. The standard InChI is InChI=1S/C24H20P.C2H2O4/c1-5-13-21(14-6-1)25(22-15-7-2-8-16-22,23-17-9-3-10-18-23)24-19-11-4-12-20-24;3-1(4)2(5)6/h1-20H;(H,3,4)(H,5,6)/q+1;. The van der Waals surface area contributed by atoms with Crippen LogP contribution >= 0.6 is 7.26 Å². The first kappa shape index (κ1) is 21.9. The number of carboxylic acid groups (broad SMARTS) is 2. The van der Waals surface area contributed by atoms with E-state index in [1.807, 2.05) is 0 Å². The van der Waals surface area contributed by atoms with Crippen molar-refractivity contribution in [2.75, 3.05) is 0 Å². The van der Waals surface area contributed by atoms with Crippen LogP contribution < -0.4 is 21.2 Å². The largest absolute Gasteiger partial charge is 0.473 e. The second-order valence-electron chi connectivity index (χ2n) is 6.62. The first-order chi connectivity index (χ1) is 15.1. The van der Waals surface area contributed by atoms with Crippen molar-refractivity contribution in [1.82, 2.24) is 0 Å². The molecule has 0 saturated carbocycles. The maximum absolute atomic E-state index is 9.10. The van der Waals surface area contributed by atoms with E-state index in [0.717, 1.165) is 0 Å². The Morgan fingerprint density at radius 2 is 0.613 bits per heavy atom. The van der Waals surface area contributed by atoms with Crippen LogP contribution in [0.5, 0.6) is 0 Å². The molecule has 0 aliphatic carbocycles. The summed E-state index contributed by atoms with van der Waals surface area (Å²) in [6.45, 7) is 0. The summed E-state index contributed by atoms with van der Waals surface area (Å²) in [5, 5.41) is 20.3. The minimum absolute atomic E-state index is 1.39. The first-order valence-corrected chi connectivity index (χ1v) is 11.4. The monoisotopic (exact) mass is 429 g/mol. The molecule has 0 atom stereocenters. The molecule has 0 heterocycles. The minimum atomic E-state index is -1.91. The maximum Gasteiger partial charge on any atom is 0.414 e. The highest BCUT2D eigenvalue weighted by atomic mass is 31.2. The Hall–Kier alpha value is -3.75. The van der Waals surface area contributed by atoms with E-state index in [0.29, 0.717) is 0 Å². The number of hydrogen-bond donors (Lipinski definition) is 2. The van der Waals surface area contributed by atoms with Gasteiger partial charge in [0.15, 0.2) is 0 Å². The van der Waals surface area contributed by atoms with Crippen molar-refractivity contribution in [2.45, 2.75) is 0 Å². The van der Waals surface area contributed by atoms with Crippen LogP contribution in [0.2, 0.25) is 0 Å². The number of aliphatic carboxylic acids is 2. The van der Waals surface area contributed by atoms with Gasteiger partial charge >= 0.3 is 11.9 Å². The average molecular weight is 429 g/mol. The van der Waals surface area contributed by atoms with Gasteiger partial charge in [0.1, 0.15) is 28.5 Å². The fraction of sp³-hybridized carbons (Fsp3) is 0. The van der Waals surface area contributed by atoms with Crippen molar-refractivity contribution >= 4 is 40.4 Å². The van der Waals surface area contributed by atoms with Gasteiger partial charge in [0.25, 0.3) is 0 Å². The molecule has 0 unspecified atom stereocenters. The van der Waals surface area contributed by atoms with Crippen molar-refractivity contribution in [3.63, 3.8) is 0 Å². The average Bonchev–Trinajstić information content (AvgIpc) is 2.83. The molecule has 0 radical (unpaired) electrons. The fourth-order valence-corrected chi connectivity index (χ4v) is 7.77. The topological polar surface area (TPSA) is 74.6 Å². The molecule has 5 heteroatoms. The lowest BCUT2D eigenvalue weighted by atomic mass is 10.3. The van der Waals surface area contributed by atoms with E-state index in [2.05, 4.69) is 121 Å². The number of carboxylic acids is 2. The molecule has 4 aromatic rings. The molecule has 2 N–H and O–H groups in total. The summed E-state index contributed by atoms with van der Waals surface area (Å²) < 4.78 is 0. The molecule has 0 amide bonds. The minimum Gasteiger partial charge on any atom is -0.473 e. The van der Waals surface area contributed by atoms with Crippen molar-refractivity contribution in [3.8, 4) is 0 Å². The quantitative estimate of drug-likeness (QED) is 0.385. The zero-order chi connectivity index (χ0) is 22.1. The lowest BCUT2D eigenvalue weighted by Gasteiger charge is -2.27. The van der Waals surface area contributed by atoms with E-state index >= 15 is 0 Å². The van der Waals surface area contributed by atoms with Gasteiger partial charge in [-0.15, -0.1) is 0 Å². The number of benzene rings is 4. The number of rotatable bonds is 4. The Morgan fingerprint density at radius 1 is 0.419 bits per heavy atom. The molecular weight excluding hydrogens is 407 g/mol. The maximum atomic E-state index is 9.10. The molecule has 4 aromatic carbocycles. The van der Waals surface area contributed by atoms with E-state index in [4.69, 9.17) is 19.8 Å². The van der Waals surface area contributed by atoms with Crippen LogP contribution in [0.1, 0.15) is 0 Å². The zero-order valence-corrected chi connectivity index (χ0v) is 17.6. The Morgan fingerprint density at radius 3 is 0.774 bits per heavy atom. The van der Waals surface area contributed by atoms with Gasteiger partial charge in [0, 0.05) is 0 Å². The second-order valence-corrected chi connectivity index (χ2v) is 10.0. The van der Waals surface area contributed by atoms with Crippen LogP contribution in [0.25, 0.3) is 0 Å². The predicted octanol–water partition coefficient (Wildman–Crippen LogP) is 3.46. The summed E-state index contributed by atoms with van der Waals surface area (Å²) in [5.41, 5.74) is 0. The number of carbonyl (C=O) groups is 2. The second kappa shape index (κ2) is 10.3. The van der Waals surface area contributed by atoms with E-state index in [-0.39, 0.29) is 0 Å². The van der Waals surface area contributed by atoms with Gasteiger partial charge < -0.3 is 10.2 Å². The van der Waals surface area contributed by atoms with E-state index in [1.165, 1.54) is 21.2 Å². The van der Waals surface area contributed by atoms with Crippen molar-refractivity contribution in [3.05, 3.63) is 121 Å². The molecule has 0 aliphatic heterocycles. The Kier molecular flexibility index (Phi) is 7.31. The van der Waals surface area contributed by atoms with E-state index in [9.17, 15) is 0 Å². The van der Waals surface area contributed by atoms with Crippen LogP contribution in [0.15, 0.2) is 121 Å². The highest BCUT2D eigenvalue weighted by Gasteiger charge is 2.47. The van der Waals surface area contributed by atoms with Crippen LogP contribution in [0, 0.1) is 0 Å². The van der Waals surface area contributed by atoms with Gasteiger partial charge in [0.05, 0.1) is 0 Å². The Labute approximate surface area is 181 Å². The Balaban J connectivity index is 0.000000401. The van der Waals surface area contributed by atoms with Gasteiger partial charge in [0.2, 0.25) is 0 Å². The smallest absolute Gasteiger partial charge is 0.414 e. The van der Waals surface area contributed by atoms with Gasteiger partial charge in [-0.2, -0.15) is 0 Å². The van der Waals surface area contributed by atoms with Gasteiger partial charge in [-0.1, -0.05) is 72.8 Å². The molecule has 0 bridgehead atoms.